The summed E-state index contributed by atoms with van der Waals surface area (Å²) in [6.45, 7) is 4.19. The lowest BCUT2D eigenvalue weighted by Gasteiger charge is -2.09. The molecule has 0 fully saturated rings. The number of benzene rings is 1. The third-order valence-electron chi connectivity index (χ3n) is 2.86. The number of aromatic amines is 1. The summed E-state index contributed by atoms with van der Waals surface area (Å²) < 4.78 is 5.41. The number of ether oxygens (including phenoxy) is 1. The van der Waals surface area contributed by atoms with Crippen molar-refractivity contribution in [1.29, 1.82) is 0 Å². The first-order valence-electron chi connectivity index (χ1n) is 6.21. The van der Waals surface area contributed by atoms with Crippen LogP contribution in [-0.2, 0) is 11.3 Å². The van der Waals surface area contributed by atoms with E-state index in [2.05, 4.69) is 15.5 Å². The van der Waals surface area contributed by atoms with Gasteiger partial charge in [-0.25, -0.2) is 0 Å². The van der Waals surface area contributed by atoms with Crippen LogP contribution >= 0.6 is 11.6 Å². The number of hydrogen-bond donors (Lipinski definition) is 2. The maximum atomic E-state index is 11.7. The molecule has 106 valence electrons. The molecule has 20 heavy (non-hydrogen) atoms. The third-order valence-corrected chi connectivity index (χ3v) is 3.17. The molecule has 0 bridgehead atoms. The summed E-state index contributed by atoms with van der Waals surface area (Å²) in [7, 11) is 0. The first kappa shape index (κ1) is 14.4. The molecule has 1 aromatic heterocycles. The molecule has 2 rings (SSSR count). The molecule has 1 heterocycles. The third kappa shape index (κ3) is 3.74. The normalized spacial score (nSPS) is 10.3. The molecule has 0 unspecified atom stereocenters. The molecule has 0 spiro atoms. The van der Waals surface area contributed by atoms with E-state index in [1.807, 2.05) is 19.9 Å². The maximum Gasteiger partial charge on any atom is 0.258 e. The molecule has 0 saturated carbocycles. The number of hydrogen-bond acceptors (Lipinski definition) is 3. The van der Waals surface area contributed by atoms with Crippen LogP contribution in [0.3, 0.4) is 0 Å². The zero-order valence-electron chi connectivity index (χ0n) is 11.4. The minimum Gasteiger partial charge on any atom is -0.482 e. The largest absolute Gasteiger partial charge is 0.482 e. The predicted molar refractivity (Wildman–Crippen MR) is 76.9 cm³/mol. The highest BCUT2D eigenvalue weighted by atomic mass is 35.5. The van der Waals surface area contributed by atoms with E-state index in [-0.39, 0.29) is 12.5 Å². The van der Waals surface area contributed by atoms with Crippen LogP contribution in [0.2, 0.25) is 5.02 Å². The number of rotatable bonds is 5. The van der Waals surface area contributed by atoms with Gasteiger partial charge in [0.2, 0.25) is 0 Å². The number of H-pyrrole nitrogens is 1. The SMILES string of the molecule is Cc1ccc(Cl)c(OCC(=O)NCc2cn[nH]c2C)c1. The minimum atomic E-state index is -0.205. The van der Waals surface area contributed by atoms with E-state index < -0.39 is 0 Å². The zero-order chi connectivity index (χ0) is 14.5. The smallest absolute Gasteiger partial charge is 0.258 e. The van der Waals surface area contributed by atoms with Gasteiger partial charge in [-0.3, -0.25) is 9.89 Å². The highest BCUT2D eigenvalue weighted by molar-refractivity contribution is 6.32. The van der Waals surface area contributed by atoms with Crippen molar-refractivity contribution >= 4 is 17.5 Å². The average molecular weight is 294 g/mol. The minimum absolute atomic E-state index is 0.0694. The van der Waals surface area contributed by atoms with E-state index in [1.165, 1.54) is 0 Å². The molecule has 1 aromatic carbocycles. The highest BCUT2D eigenvalue weighted by Crippen LogP contribution is 2.24. The Morgan fingerprint density at radius 2 is 2.25 bits per heavy atom. The molecule has 6 heteroatoms. The van der Waals surface area contributed by atoms with Gasteiger partial charge < -0.3 is 10.1 Å². The van der Waals surface area contributed by atoms with Gasteiger partial charge in [0.05, 0.1) is 11.2 Å². The molecule has 5 nitrogen and oxygen atoms in total. The van der Waals surface area contributed by atoms with Gasteiger partial charge in [0, 0.05) is 17.8 Å². The molecule has 0 radical (unpaired) electrons. The molecule has 0 aliphatic rings. The number of carbonyl (C=O) groups excluding carboxylic acids is 1. The Balaban J connectivity index is 1.83. The summed E-state index contributed by atoms with van der Waals surface area (Å²) in [5, 5.41) is 9.96. The lowest BCUT2D eigenvalue weighted by atomic mass is 10.2. The standard InChI is InChI=1S/C14H16ClN3O2/c1-9-3-4-12(15)13(5-9)20-8-14(19)16-6-11-7-17-18-10(11)2/h3-5,7H,6,8H2,1-2H3,(H,16,19)(H,17,18). The van der Waals surface area contributed by atoms with Crippen LogP contribution < -0.4 is 10.1 Å². The van der Waals surface area contributed by atoms with E-state index >= 15 is 0 Å². The zero-order valence-corrected chi connectivity index (χ0v) is 12.1. The van der Waals surface area contributed by atoms with Crippen LogP contribution in [0, 0.1) is 13.8 Å². The van der Waals surface area contributed by atoms with Crippen LogP contribution in [-0.4, -0.2) is 22.7 Å². The Hall–Kier alpha value is -2.01. The monoisotopic (exact) mass is 293 g/mol. The summed E-state index contributed by atoms with van der Waals surface area (Å²) in [6.07, 6.45) is 1.69. The maximum absolute atomic E-state index is 11.7. The topological polar surface area (TPSA) is 67.0 Å². The van der Waals surface area contributed by atoms with Crippen molar-refractivity contribution in [2.75, 3.05) is 6.61 Å². The van der Waals surface area contributed by atoms with Crippen LogP contribution in [0.4, 0.5) is 0 Å². The number of aromatic nitrogens is 2. The molecular formula is C14H16ClN3O2. The molecule has 2 aromatic rings. The van der Waals surface area contributed by atoms with Crippen molar-refractivity contribution < 1.29 is 9.53 Å². The second-order valence-electron chi connectivity index (χ2n) is 4.52. The van der Waals surface area contributed by atoms with Gasteiger partial charge >= 0.3 is 0 Å². The number of halogens is 1. The van der Waals surface area contributed by atoms with Crippen LogP contribution in [0.5, 0.6) is 5.75 Å². The van der Waals surface area contributed by atoms with E-state index in [4.69, 9.17) is 16.3 Å². The van der Waals surface area contributed by atoms with Crippen molar-refractivity contribution in [3.05, 3.63) is 46.2 Å². The van der Waals surface area contributed by atoms with Crippen molar-refractivity contribution in [3.63, 3.8) is 0 Å². The van der Waals surface area contributed by atoms with E-state index in [0.29, 0.717) is 17.3 Å². The summed E-state index contributed by atoms with van der Waals surface area (Å²) in [5.74, 6) is 0.310. The number of nitrogens with zero attached hydrogens (tertiary/aromatic N) is 1. The summed E-state index contributed by atoms with van der Waals surface area (Å²) in [6, 6.07) is 5.44. The molecule has 0 atom stereocenters. The van der Waals surface area contributed by atoms with Crippen molar-refractivity contribution in [2.24, 2.45) is 0 Å². The molecule has 0 aliphatic heterocycles. The number of nitrogens with one attached hydrogen (secondary N) is 2. The Labute approximate surface area is 122 Å². The fraction of sp³-hybridized carbons (Fsp3) is 0.286. The molecule has 1 amide bonds. The average Bonchev–Trinajstić information content (AvgIpc) is 2.83. The van der Waals surface area contributed by atoms with Gasteiger partial charge in [0.25, 0.3) is 5.91 Å². The second-order valence-corrected chi connectivity index (χ2v) is 4.93. The Morgan fingerprint density at radius 1 is 1.45 bits per heavy atom. The highest BCUT2D eigenvalue weighted by Gasteiger charge is 2.07. The second kappa shape index (κ2) is 6.43. The summed E-state index contributed by atoms with van der Waals surface area (Å²) in [4.78, 5) is 11.7. The molecule has 0 saturated heterocycles. The van der Waals surface area contributed by atoms with Crippen LogP contribution in [0.15, 0.2) is 24.4 Å². The number of aryl methyl sites for hydroxylation is 2. The molecule has 2 N–H and O–H groups in total. The van der Waals surface area contributed by atoms with Gasteiger partial charge in [0.15, 0.2) is 6.61 Å². The molecular weight excluding hydrogens is 278 g/mol. The molecule has 0 aliphatic carbocycles. The van der Waals surface area contributed by atoms with E-state index in [9.17, 15) is 4.79 Å². The van der Waals surface area contributed by atoms with Crippen LogP contribution in [0.1, 0.15) is 16.8 Å². The number of carbonyl (C=O) groups is 1. The van der Waals surface area contributed by atoms with Gasteiger partial charge in [-0.15, -0.1) is 0 Å². The summed E-state index contributed by atoms with van der Waals surface area (Å²) in [5.41, 5.74) is 2.92. The number of amides is 1. The van der Waals surface area contributed by atoms with Crippen molar-refractivity contribution in [3.8, 4) is 5.75 Å². The fourth-order valence-corrected chi connectivity index (χ4v) is 1.84. The van der Waals surface area contributed by atoms with Crippen LogP contribution in [0.25, 0.3) is 0 Å². The van der Waals surface area contributed by atoms with E-state index in [1.54, 1.807) is 18.3 Å². The van der Waals surface area contributed by atoms with Gasteiger partial charge in [-0.05, 0) is 31.5 Å². The van der Waals surface area contributed by atoms with Crippen molar-refractivity contribution in [2.45, 2.75) is 20.4 Å². The van der Waals surface area contributed by atoms with Gasteiger partial charge in [0.1, 0.15) is 5.75 Å². The predicted octanol–water partition coefficient (Wildman–Crippen LogP) is 2.38. The van der Waals surface area contributed by atoms with Gasteiger partial charge in [-0.2, -0.15) is 5.10 Å². The van der Waals surface area contributed by atoms with Crippen molar-refractivity contribution in [1.82, 2.24) is 15.5 Å². The van der Waals surface area contributed by atoms with E-state index in [0.717, 1.165) is 16.8 Å². The first-order chi connectivity index (χ1) is 9.56. The van der Waals surface area contributed by atoms with Gasteiger partial charge in [-0.1, -0.05) is 17.7 Å². The first-order valence-corrected chi connectivity index (χ1v) is 6.58. The fourth-order valence-electron chi connectivity index (χ4n) is 1.66. The summed E-state index contributed by atoms with van der Waals surface area (Å²) >= 11 is 5.99. The lowest BCUT2D eigenvalue weighted by molar-refractivity contribution is -0.123. The Kier molecular flexibility index (Phi) is 4.63. The Bertz CT molecular complexity index is 610. The lowest BCUT2D eigenvalue weighted by Crippen LogP contribution is -2.28. The quantitative estimate of drug-likeness (QED) is 0.889. The Morgan fingerprint density at radius 3 is 2.95 bits per heavy atom.